The fourth-order valence-electron chi connectivity index (χ4n) is 2.57. The van der Waals surface area contributed by atoms with Crippen molar-refractivity contribution in [2.45, 2.75) is 38.5 Å². The van der Waals surface area contributed by atoms with Crippen molar-refractivity contribution in [2.24, 2.45) is 5.92 Å². The van der Waals surface area contributed by atoms with Crippen LogP contribution in [0.4, 0.5) is 0 Å². The van der Waals surface area contributed by atoms with Crippen LogP contribution in [0.2, 0.25) is 0 Å². The third kappa shape index (κ3) is 3.80. The van der Waals surface area contributed by atoms with Gasteiger partial charge in [-0.2, -0.15) is 0 Å². The average molecular weight is 239 g/mol. The van der Waals surface area contributed by atoms with Gasteiger partial charge < -0.3 is 9.64 Å². The van der Waals surface area contributed by atoms with E-state index in [4.69, 9.17) is 4.74 Å². The van der Waals surface area contributed by atoms with Crippen molar-refractivity contribution in [1.82, 2.24) is 4.90 Å². The van der Waals surface area contributed by atoms with Crippen LogP contribution in [0.1, 0.15) is 38.5 Å². The van der Waals surface area contributed by atoms with Gasteiger partial charge in [-0.1, -0.05) is 0 Å². The molecule has 0 unspecified atom stereocenters. The normalized spacial score (nSPS) is 22.8. The number of ketones is 1. The molecule has 2 fully saturated rings. The maximum atomic E-state index is 11.9. The summed E-state index contributed by atoms with van der Waals surface area (Å²) in [5, 5.41) is 0. The van der Waals surface area contributed by atoms with Gasteiger partial charge in [-0.15, -0.1) is 0 Å². The van der Waals surface area contributed by atoms with Crippen LogP contribution in [0.25, 0.3) is 0 Å². The third-order valence-electron chi connectivity index (χ3n) is 3.71. The number of nitrogens with zero attached hydrogens (tertiary/aromatic N) is 1. The van der Waals surface area contributed by atoms with Gasteiger partial charge in [0, 0.05) is 32.6 Å². The van der Waals surface area contributed by atoms with Crippen molar-refractivity contribution in [3.05, 3.63) is 0 Å². The molecule has 0 aliphatic carbocycles. The van der Waals surface area contributed by atoms with E-state index in [1.807, 2.05) is 0 Å². The molecule has 2 aliphatic rings. The monoisotopic (exact) mass is 239 g/mol. The van der Waals surface area contributed by atoms with E-state index in [-0.39, 0.29) is 11.7 Å². The van der Waals surface area contributed by atoms with Gasteiger partial charge >= 0.3 is 0 Å². The van der Waals surface area contributed by atoms with E-state index in [1.165, 1.54) is 0 Å². The zero-order valence-corrected chi connectivity index (χ0v) is 10.3. The quantitative estimate of drug-likeness (QED) is 0.747. The smallest absolute Gasteiger partial charge is 0.222 e. The number of piperidine rings is 1. The van der Waals surface area contributed by atoms with Gasteiger partial charge in [0.15, 0.2) is 5.78 Å². The van der Waals surface area contributed by atoms with E-state index >= 15 is 0 Å². The second kappa shape index (κ2) is 6.15. The van der Waals surface area contributed by atoms with Crippen molar-refractivity contribution in [1.29, 1.82) is 0 Å². The Morgan fingerprint density at radius 1 is 1.35 bits per heavy atom. The van der Waals surface area contributed by atoms with Crippen molar-refractivity contribution >= 4 is 11.7 Å². The van der Waals surface area contributed by atoms with Crippen LogP contribution in [-0.4, -0.2) is 42.9 Å². The summed E-state index contributed by atoms with van der Waals surface area (Å²) < 4.78 is 5.30. The van der Waals surface area contributed by atoms with Gasteiger partial charge in [-0.05, 0) is 31.6 Å². The molecule has 0 aromatic rings. The molecule has 96 valence electrons. The van der Waals surface area contributed by atoms with Gasteiger partial charge in [0.1, 0.15) is 0 Å². The number of hydrogen-bond acceptors (Lipinski definition) is 3. The molecular weight excluding hydrogens is 218 g/mol. The van der Waals surface area contributed by atoms with Crippen molar-refractivity contribution in [2.75, 3.05) is 26.3 Å². The van der Waals surface area contributed by atoms with Gasteiger partial charge in [0.05, 0.1) is 6.54 Å². The average Bonchev–Trinajstić information content (AvgIpc) is 2.37. The number of rotatable bonds is 3. The molecule has 2 aliphatic heterocycles. The molecule has 0 aromatic carbocycles. The van der Waals surface area contributed by atoms with Crippen LogP contribution >= 0.6 is 0 Å². The number of amides is 1. The molecular formula is C13H21NO3. The minimum Gasteiger partial charge on any atom is -0.381 e. The fraction of sp³-hybridized carbons (Fsp3) is 0.846. The van der Waals surface area contributed by atoms with Crippen molar-refractivity contribution in [3.63, 3.8) is 0 Å². The summed E-state index contributed by atoms with van der Waals surface area (Å²) in [6, 6.07) is 0. The van der Waals surface area contributed by atoms with Gasteiger partial charge in [-0.3, -0.25) is 9.59 Å². The molecule has 2 saturated heterocycles. The van der Waals surface area contributed by atoms with Crippen LogP contribution in [0.3, 0.4) is 0 Å². The predicted octanol–water partition coefficient (Wildman–Crippen LogP) is 1.38. The Kier molecular flexibility index (Phi) is 4.54. The van der Waals surface area contributed by atoms with Crippen LogP contribution in [0, 0.1) is 5.92 Å². The van der Waals surface area contributed by atoms with Gasteiger partial charge in [0.2, 0.25) is 5.91 Å². The lowest BCUT2D eigenvalue weighted by Gasteiger charge is -2.27. The Hall–Kier alpha value is -0.900. The maximum absolute atomic E-state index is 11.9. The molecule has 0 atom stereocenters. The molecule has 2 rings (SSSR count). The Balaban J connectivity index is 1.70. The zero-order valence-electron chi connectivity index (χ0n) is 10.3. The predicted molar refractivity (Wildman–Crippen MR) is 63.6 cm³/mol. The molecule has 0 spiro atoms. The van der Waals surface area contributed by atoms with Crippen molar-refractivity contribution < 1.29 is 14.3 Å². The summed E-state index contributed by atoms with van der Waals surface area (Å²) in [5.41, 5.74) is 0. The zero-order chi connectivity index (χ0) is 12.1. The lowest BCUT2D eigenvalue weighted by molar-refractivity contribution is -0.137. The number of carbonyl (C=O) groups is 2. The van der Waals surface area contributed by atoms with E-state index in [0.29, 0.717) is 25.3 Å². The third-order valence-corrected chi connectivity index (χ3v) is 3.71. The molecule has 1 amide bonds. The summed E-state index contributed by atoms with van der Waals surface area (Å²) in [5.74, 6) is 0.994. The first-order valence-corrected chi connectivity index (χ1v) is 6.63. The summed E-state index contributed by atoms with van der Waals surface area (Å²) in [7, 11) is 0. The van der Waals surface area contributed by atoms with Crippen LogP contribution in [-0.2, 0) is 14.3 Å². The molecule has 0 bridgehead atoms. The highest BCUT2D eigenvalue weighted by Crippen LogP contribution is 2.21. The molecule has 0 aromatic heterocycles. The lowest BCUT2D eigenvalue weighted by Crippen LogP contribution is -2.40. The summed E-state index contributed by atoms with van der Waals surface area (Å²) in [4.78, 5) is 24.9. The highest BCUT2D eigenvalue weighted by Gasteiger charge is 2.22. The standard InChI is InChI=1S/C13H21NO3/c15-12-2-1-7-14(10-12)13(16)4-3-11-5-8-17-9-6-11/h11H,1-10H2. The number of carbonyl (C=O) groups excluding carboxylic acids is 2. The lowest BCUT2D eigenvalue weighted by atomic mass is 9.94. The SMILES string of the molecule is O=C1CCCN(C(=O)CCC2CCOCC2)C1. The molecule has 17 heavy (non-hydrogen) atoms. The number of Topliss-reactive ketones (excluding diaryl/α,β-unsaturated/α-hetero) is 1. The maximum Gasteiger partial charge on any atom is 0.222 e. The fourth-order valence-corrected chi connectivity index (χ4v) is 2.57. The molecule has 0 saturated carbocycles. The molecule has 4 nitrogen and oxygen atoms in total. The Morgan fingerprint density at radius 3 is 2.82 bits per heavy atom. The topological polar surface area (TPSA) is 46.6 Å². The Bertz CT molecular complexity index is 284. The van der Waals surface area contributed by atoms with Crippen LogP contribution in [0.5, 0.6) is 0 Å². The first-order chi connectivity index (χ1) is 8.25. The summed E-state index contributed by atoms with van der Waals surface area (Å²) >= 11 is 0. The van der Waals surface area contributed by atoms with Gasteiger partial charge in [0.25, 0.3) is 0 Å². The summed E-state index contributed by atoms with van der Waals surface area (Å²) in [6.07, 6.45) is 5.18. The number of likely N-dealkylation sites (tertiary alicyclic amines) is 1. The first kappa shape index (κ1) is 12.6. The highest BCUT2D eigenvalue weighted by atomic mass is 16.5. The minimum absolute atomic E-state index is 0.157. The molecule has 0 radical (unpaired) electrons. The van der Waals surface area contributed by atoms with E-state index in [2.05, 4.69) is 0 Å². The van der Waals surface area contributed by atoms with E-state index in [1.54, 1.807) is 4.90 Å². The van der Waals surface area contributed by atoms with E-state index in [0.717, 1.165) is 45.4 Å². The van der Waals surface area contributed by atoms with E-state index < -0.39 is 0 Å². The Labute approximate surface area is 102 Å². The first-order valence-electron chi connectivity index (χ1n) is 6.63. The minimum atomic E-state index is 0.157. The number of ether oxygens (including phenoxy) is 1. The summed E-state index contributed by atoms with van der Waals surface area (Å²) in [6.45, 7) is 2.77. The van der Waals surface area contributed by atoms with Crippen molar-refractivity contribution in [3.8, 4) is 0 Å². The Morgan fingerprint density at radius 2 is 2.12 bits per heavy atom. The largest absolute Gasteiger partial charge is 0.381 e. The second-order valence-electron chi connectivity index (χ2n) is 5.05. The van der Waals surface area contributed by atoms with Crippen LogP contribution in [0.15, 0.2) is 0 Å². The molecule has 4 heteroatoms. The van der Waals surface area contributed by atoms with Gasteiger partial charge in [-0.25, -0.2) is 0 Å². The highest BCUT2D eigenvalue weighted by molar-refractivity contribution is 5.87. The number of hydrogen-bond donors (Lipinski definition) is 0. The van der Waals surface area contributed by atoms with E-state index in [9.17, 15) is 9.59 Å². The van der Waals surface area contributed by atoms with Crippen LogP contribution < -0.4 is 0 Å². The second-order valence-corrected chi connectivity index (χ2v) is 5.05. The molecule has 2 heterocycles. The molecule has 0 N–H and O–H groups in total.